The molecule has 0 saturated heterocycles. The van der Waals surface area contributed by atoms with E-state index in [2.05, 4.69) is 10.3 Å². The molecule has 2 rings (SSSR count). The number of hydrogen-bond acceptors (Lipinski definition) is 6. The fraction of sp³-hybridized carbons (Fsp3) is 0.188. The van der Waals surface area contributed by atoms with Crippen molar-refractivity contribution >= 4 is 28.5 Å². The molecule has 0 bridgehead atoms. The second-order valence-corrected chi connectivity index (χ2v) is 5.33. The molecule has 23 heavy (non-hydrogen) atoms. The van der Waals surface area contributed by atoms with E-state index in [1.165, 1.54) is 24.5 Å². The third kappa shape index (κ3) is 4.83. The first-order valence-corrected chi connectivity index (χ1v) is 7.59. The van der Waals surface area contributed by atoms with Crippen LogP contribution in [0.15, 0.2) is 29.7 Å². The van der Waals surface area contributed by atoms with Gasteiger partial charge in [-0.15, -0.1) is 11.3 Å². The van der Waals surface area contributed by atoms with Crippen molar-refractivity contribution in [2.75, 3.05) is 19.0 Å². The molecule has 2 aromatic rings. The molecule has 1 aromatic carbocycles. The lowest BCUT2D eigenvalue weighted by Gasteiger charge is -2.08. The number of aromatic nitrogens is 1. The molecule has 0 unspecified atom stereocenters. The van der Waals surface area contributed by atoms with E-state index in [4.69, 9.17) is 14.7 Å². The Morgan fingerprint density at radius 1 is 1.48 bits per heavy atom. The molecule has 0 aliphatic carbocycles. The number of benzene rings is 1. The molecule has 0 radical (unpaired) electrons. The fourth-order valence-electron chi connectivity index (χ4n) is 1.75. The van der Waals surface area contributed by atoms with Gasteiger partial charge in [0, 0.05) is 11.5 Å². The van der Waals surface area contributed by atoms with Crippen LogP contribution in [0.25, 0.3) is 6.08 Å². The third-order valence-corrected chi connectivity index (χ3v) is 3.63. The molecule has 1 heterocycles. The van der Waals surface area contributed by atoms with Crippen molar-refractivity contribution in [1.29, 1.82) is 5.26 Å². The number of hydrogen-bond donors (Lipinski definition) is 1. The number of carbonyl (C=O) groups is 1. The summed E-state index contributed by atoms with van der Waals surface area (Å²) in [5.74, 6) is 0.718. The highest BCUT2D eigenvalue weighted by molar-refractivity contribution is 7.13. The highest BCUT2D eigenvalue weighted by atomic mass is 32.1. The Labute approximate surface area is 138 Å². The van der Waals surface area contributed by atoms with Crippen molar-refractivity contribution in [3.63, 3.8) is 0 Å². The maximum atomic E-state index is 11.8. The van der Waals surface area contributed by atoms with Gasteiger partial charge in [0.15, 0.2) is 23.2 Å². The van der Waals surface area contributed by atoms with E-state index in [1.54, 1.807) is 24.3 Å². The van der Waals surface area contributed by atoms with E-state index < -0.39 is 0 Å². The van der Waals surface area contributed by atoms with Gasteiger partial charge in [0.05, 0.1) is 12.8 Å². The maximum Gasteiger partial charge on any atom is 0.250 e. The summed E-state index contributed by atoms with van der Waals surface area (Å²) in [7, 11) is 1.51. The average molecular weight is 329 g/mol. The molecule has 118 valence electrons. The first-order chi connectivity index (χ1) is 11.1. The highest BCUT2D eigenvalue weighted by Gasteiger charge is 2.05. The monoisotopic (exact) mass is 329 g/mol. The van der Waals surface area contributed by atoms with Crippen molar-refractivity contribution in [3.05, 3.63) is 40.9 Å². The number of ether oxygens (including phenoxy) is 2. The second-order valence-electron chi connectivity index (χ2n) is 4.47. The van der Waals surface area contributed by atoms with Gasteiger partial charge in [-0.3, -0.25) is 10.1 Å². The SMILES string of the molecule is COc1cc(/C=C/C(=O)Nc2nc(C)cs2)ccc1OCC#N. The predicted octanol–water partition coefficient (Wildman–Crippen LogP) is 3.01. The van der Waals surface area contributed by atoms with Crippen LogP contribution in [0.5, 0.6) is 11.5 Å². The number of nitrogens with one attached hydrogen (secondary N) is 1. The summed E-state index contributed by atoms with van der Waals surface area (Å²) < 4.78 is 10.5. The van der Waals surface area contributed by atoms with Crippen LogP contribution >= 0.6 is 11.3 Å². The summed E-state index contributed by atoms with van der Waals surface area (Å²) in [5, 5.41) is 13.7. The van der Waals surface area contributed by atoms with Crippen molar-refractivity contribution in [2.24, 2.45) is 0 Å². The molecule has 6 nitrogen and oxygen atoms in total. The van der Waals surface area contributed by atoms with Crippen LogP contribution in [-0.4, -0.2) is 24.6 Å². The number of anilines is 1. The number of nitriles is 1. The third-order valence-electron chi connectivity index (χ3n) is 2.76. The molecular formula is C16H15N3O3S. The Bertz CT molecular complexity index is 762. The molecular weight excluding hydrogens is 314 g/mol. The summed E-state index contributed by atoms with van der Waals surface area (Å²) in [4.78, 5) is 16.0. The minimum atomic E-state index is -0.261. The number of rotatable bonds is 6. The van der Waals surface area contributed by atoms with Gasteiger partial charge < -0.3 is 9.47 Å². The Morgan fingerprint density at radius 3 is 2.96 bits per heavy atom. The van der Waals surface area contributed by atoms with Crippen LogP contribution in [0.2, 0.25) is 0 Å². The quantitative estimate of drug-likeness (QED) is 0.824. The zero-order chi connectivity index (χ0) is 16.7. The molecule has 1 amide bonds. The van der Waals surface area contributed by atoms with Gasteiger partial charge in [0.25, 0.3) is 0 Å². The van der Waals surface area contributed by atoms with E-state index >= 15 is 0 Å². The van der Waals surface area contributed by atoms with Crippen LogP contribution in [-0.2, 0) is 4.79 Å². The lowest BCUT2D eigenvalue weighted by Crippen LogP contribution is -2.07. The van der Waals surface area contributed by atoms with Crippen molar-refractivity contribution < 1.29 is 14.3 Å². The topological polar surface area (TPSA) is 84.2 Å². The fourth-order valence-corrected chi connectivity index (χ4v) is 2.44. The van der Waals surface area contributed by atoms with Gasteiger partial charge >= 0.3 is 0 Å². The van der Waals surface area contributed by atoms with Crippen molar-refractivity contribution in [3.8, 4) is 17.6 Å². The van der Waals surface area contributed by atoms with Crippen molar-refractivity contribution in [2.45, 2.75) is 6.92 Å². The van der Waals surface area contributed by atoms with Gasteiger partial charge in [-0.05, 0) is 30.7 Å². The maximum absolute atomic E-state index is 11.8. The number of thiazole rings is 1. The minimum absolute atomic E-state index is 0.0544. The Hall–Kier alpha value is -2.85. The van der Waals surface area contributed by atoms with Gasteiger partial charge in [-0.25, -0.2) is 4.98 Å². The summed E-state index contributed by atoms with van der Waals surface area (Å²) >= 11 is 1.38. The normalized spacial score (nSPS) is 10.3. The molecule has 0 atom stereocenters. The zero-order valence-electron chi connectivity index (χ0n) is 12.7. The summed E-state index contributed by atoms with van der Waals surface area (Å²) in [6.45, 7) is 1.81. The van der Waals surface area contributed by atoms with Crippen molar-refractivity contribution in [1.82, 2.24) is 4.98 Å². The molecule has 0 fully saturated rings. The largest absolute Gasteiger partial charge is 0.493 e. The zero-order valence-corrected chi connectivity index (χ0v) is 13.5. The Balaban J connectivity index is 2.04. The van der Waals surface area contributed by atoms with Crippen LogP contribution < -0.4 is 14.8 Å². The van der Waals surface area contributed by atoms with E-state index in [1.807, 2.05) is 18.4 Å². The van der Waals surface area contributed by atoms with Crippen LogP contribution in [0, 0.1) is 18.3 Å². The van der Waals surface area contributed by atoms with E-state index in [9.17, 15) is 4.79 Å². The summed E-state index contributed by atoms with van der Waals surface area (Å²) in [5.41, 5.74) is 1.64. The Morgan fingerprint density at radius 2 is 2.30 bits per heavy atom. The van der Waals surface area contributed by atoms with Crippen LogP contribution in [0.4, 0.5) is 5.13 Å². The Kier molecular flexibility index (Phi) is 5.72. The van der Waals surface area contributed by atoms with E-state index in [0.717, 1.165) is 11.3 Å². The molecule has 1 N–H and O–H groups in total. The summed E-state index contributed by atoms with van der Waals surface area (Å²) in [6.07, 6.45) is 3.08. The molecule has 1 aromatic heterocycles. The number of methoxy groups -OCH3 is 1. The van der Waals surface area contributed by atoms with Gasteiger partial charge in [0.2, 0.25) is 5.91 Å². The van der Waals surface area contributed by atoms with E-state index in [0.29, 0.717) is 16.6 Å². The first kappa shape index (κ1) is 16.5. The molecule has 0 aliphatic heterocycles. The molecule has 0 spiro atoms. The standard InChI is InChI=1S/C16H15N3O3S/c1-11-10-23-16(18-11)19-15(20)6-4-12-3-5-13(22-8-7-17)14(9-12)21-2/h3-6,9-10H,8H2,1-2H3,(H,18,19,20)/b6-4+. The minimum Gasteiger partial charge on any atom is -0.493 e. The summed E-state index contributed by atoms with van der Waals surface area (Å²) in [6, 6.07) is 7.09. The molecule has 0 saturated carbocycles. The predicted molar refractivity (Wildman–Crippen MR) is 88.6 cm³/mol. The lowest BCUT2D eigenvalue weighted by molar-refractivity contribution is -0.111. The number of amides is 1. The average Bonchev–Trinajstić information content (AvgIpc) is 2.96. The smallest absolute Gasteiger partial charge is 0.250 e. The van der Waals surface area contributed by atoms with Gasteiger partial charge in [0.1, 0.15) is 6.07 Å². The second kappa shape index (κ2) is 7.96. The number of aryl methyl sites for hydroxylation is 1. The van der Waals surface area contributed by atoms with Gasteiger partial charge in [-0.1, -0.05) is 6.07 Å². The first-order valence-electron chi connectivity index (χ1n) is 6.71. The van der Waals surface area contributed by atoms with Crippen LogP contribution in [0.3, 0.4) is 0 Å². The number of carbonyl (C=O) groups excluding carboxylic acids is 1. The lowest BCUT2D eigenvalue weighted by atomic mass is 10.2. The van der Waals surface area contributed by atoms with Gasteiger partial charge in [-0.2, -0.15) is 5.26 Å². The number of nitrogens with zero attached hydrogens (tertiary/aromatic N) is 2. The van der Waals surface area contributed by atoms with E-state index in [-0.39, 0.29) is 12.5 Å². The molecule has 0 aliphatic rings. The molecule has 7 heteroatoms. The van der Waals surface area contributed by atoms with Crippen LogP contribution in [0.1, 0.15) is 11.3 Å². The highest BCUT2D eigenvalue weighted by Crippen LogP contribution is 2.28.